The van der Waals surface area contributed by atoms with Crippen LogP contribution in [0.2, 0.25) is 0 Å². The average Bonchev–Trinajstić information content (AvgIpc) is 2.56. The Morgan fingerprint density at radius 1 is 1.04 bits per heavy atom. The summed E-state index contributed by atoms with van der Waals surface area (Å²) in [5.74, 6) is -0.657. The molecule has 0 aliphatic heterocycles. The summed E-state index contributed by atoms with van der Waals surface area (Å²) in [5.41, 5.74) is 19.8. The van der Waals surface area contributed by atoms with E-state index in [4.69, 9.17) is 17.2 Å². The zero-order chi connectivity index (χ0) is 17.5. The lowest BCUT2D eigenvalue weighted by Gasteiger charge is -2.21. The summed E-state index contributed by atoms with van der Waals surface area (Å²) in [6, 6.07) is 18.2. The third-order valence-corrected chi connectivity index (χ3v) is 3.55. The van der Waals surface area contributed by atoms with Crippen molar-refractivity contribution in [2.75, 3.05) is 7.05 Å². The van der Waals surface area contributed by atoms with E-state index in [2.05, 4.69) is 17.1 Å². The molecular weight excluding hydrogens is 302 g/mol. The van der Waals surface area contributed by atoms with Gasteiger partial charge in [0.15, 0.2) is 5.82 Å². The van der Waals surface area contributed by atoms with Crippen LogP contribution in [0.3, 0.4) is 0 Å². The lowest BCUT2D eigenvalue weighted by molar-refractivity contribution is -0.116. The van der Waals surface area contributed by atoms with E-state index >= 15 is 0 Å². The van der Waals surface area contributed by atoms with Crippen LogP contribution in [0.5, 0.6) is 0 Å². The number of amides is 1. The molecule has 0 saturated heterocycles. The minimum absolute atomic E-state index is 0.00611. The van der Waals surface area contributed by atoms with E-state index in [0.29, 0.717) is 6.54 Å². The molecule has 2 rings (SSSR count). The number of likely N-dealkylation sites (N-methyl/N-ethyl adjacent to an activating group) is 1. The number of hydrogen-bond donors (Lipinski definition) is 3. The first kappa shape index (κ1) is 17.1. The number of primary amides is 1. The summed E-state index contributed by atoms with van der Waals surface area (Å²) in [6.07, 6.45) is 1.03. The van der Waals surface area contributed by atoms with Gasteiger partial charge >= 0.3 is 0 Å². The summed E-state index contributed by atoms with van der Waals surface area (Å²) in [5, 5.41) is 0. The maximum atomic E-state index is 11.6. The number of carbonyl (C=O) groups excluding carboxylic acids is 1. The highest BCUT2D eigenvalue weighted by molar-refractivity contribution is 5.92. The summed E-state index contributed by atoms with van der Waals surface area (Å²) < 4.78 is 0. The second kappa shape index (κ2) is 7.82. The number of nitrogens with two attached hydrogens (primary N) is 3. The molecule has 0 aliphatic carbocycles. The van der Waals surface area contributed by atoms with Gasteiger partial charge in [-0.2, -0.15) is 0 Å². The van der Waals surface area contributed by atoms with Crippen molar-refractivity contribution in [3.63, 3.8) is 0 Å². The van der Waals surface area contributed by atoms with Gasteiger partial charge in [0, 0.05) is 13.6 Å². The number of carbonyl (C=O) groups is 1. The number of rotatable bonds is 6. The minimum atomic E-state index is -0.651. The zero-order valence-corrected chi connectivity index (χ0v) is 13.5. The van der Waals surface area contributed by atoms with Gasteiger partial charge in [-0.1, -0.05) is 54.6 Å². The highest BCUT2D eigenvalue weighted by atomic mass is 16.1. The number of nitrogens with zero attached hydrogens (tertiary/aromatic N) is 2. The van der Waals surface area contributed by atoms with Crippen molar-refractivity contribution >= 4 is 12.2 Å². The molecule has 2 aromatic carbocycles. The van der Waals surface area contributed by atoms with Gasteiger partial charge in [0.05, 0.1) is 6.34 Å². The van der Waals surface area contributed by atoms with Crippen molar-refractivity contribution in [3.05, 3.63) is 71.7 Å². The molecule has 0 spiro atoms. The van der Waals surface area contributed by atoms with Crippen LogP contribution >= 0.6 is 0 Å². The molecule has 6 N–H and O–H groups in total. The fourth-order valence-corrected chi connectivity index (χ4v) is 2.44. The second-order valence-electron chi connectivity index (χ2n) is 5.30. The third-order valence-electron chi connectivity index (χ3n) is 3.55. The van der Waals surface area contributed by atoms with Crippen LogP contribution in [0.15, 0.2) is 71.1 Å². The summed E-state index contributed by atoms with van der Waals surface area (Å²) in [7, 11) is 1.73. The monoisotopic (exact) mass is 323 g/mol. The molecular formula is C18H21N5O. The molecule has 0 unspecified atom stereocenters. The highest BCUT2D eigenvalue weighted by Crippen LogP contribution is 2.20. The van der Waals surface area contributed by atoms with Crippen LogP contribution in [0.25, 0.3) is 11.1 Å². The van der Waals surface area contributed by atoms with E-state index in [1.165, 1.54) is 0 Å². The Morgan fingerprint density at radius 2 is 1.62 bits per heavy atom. The van der Waals surface area contributed by atoms with E-state index in [1.54, 1.807) is 11.9 Å². The van der Waals surface area contributed by atoms with Gasteiger partial charge < -0.3 is 22.1 Å². The molecule has 124 valence electrons. The van der Waals surface area contributed by atoms with Crippen molar-refractivity contribution in [2.45, 2.75) is 6.54 Å². The van der Waals surface area contributed by atoms with Crippen LogP contribution in [0.1, 0.15) is 5.56 Å². The van der Waals surface area contributed by atoms with E-state index in [-0.39, 0.29) is 11.5 Å². The van der Waals surface area contributed by atoms with Gasteiger partial charge in [-0.3, -0.25) is 4.79 Å². The summed E-state index contributed by atoms with van der Waals surface area (Å²) in [6.45, 7) is 0.466. The summed E-state index contributed by atoms with van der Waals surface area (Å²) in [4.78, 5) is 17.0. The molecule has 6 heteroatoms. The second-order valence-corrected chi connectivity index (χ2v) is 5.30. The lowest BCUT2D eigenvalue weighted by atomic mass is 10.0. The maximum absolute atomic E-state index is 11.6. The van der Waals surface area contributed by atoms with Gasteiger partial charge in [-0.05, 0) is 16.7 Å². The lowest BCUT2D eigenvalue weighted by Crippen LogP contribution is -2.31. The fourth-order valence-electron chi connectivity index (χ4n) is 2.44. The van der Waals surface area contributed by atoms with Gasteiger partial charge in [0.1, 0.15) is 5.70 Å². The molecule has 2 aromatic rings. The van der Waals surface area contributed by atoms with Crippen LogP contribution in [-0.4, -0.2) is 24.2 Å². The predicted molar refractivity (Wildman–Crippen MR) is 96.4 cm³/mol. The Labute approximate surface area is 141 Å². The Balaban J connectivity index is 2.18. The number of aliphatic imine (C=N–C) groups is 1. The molecule has 0 atom stereocenters. The van der Waals surface area contributed by atoms with Crippen molar-refractivity contribution in [2.24, 2.45) is 22.2 Å². The molecule has 0 aromatic heterocycles. The van der Waals surface area contributed by atoms with Crippen LogP contribution in [-0.2, 0) is 11.3 Å². The van der Waals surface area contributed by atoms with Crippen molar-refractivity contribution in [1.82, 2.24) is 4.90 Å². The first-order valence-corrected chi connectivity index (χ1v) is 7.42. The van der Waals surface area contributed by atoms with Crippen molar-refractivity contribution < 1.29 is 4.79 Å². The largest absolute Gasteiger partial charge is 0.390 e. The Morgan fingerprint density at radius 3 is 2.17 bits per heavy atom. The molecule has 0 radical (unpaired) electrons. The first-order chi connectivity index (χ1) is 11.5. The van der Waals surface area contributed by atoms with Gasteiger partial charge in [-0.15, -0.1) is 0 Å². The SMILES string of the molecule is CN(Cc1ccc(-c2ccccc2)cc1)/C(C(N)=O)=C(\N)N=CN. The third kappa shape index (κ3) is 4.13. The van der Waals surface area contributed by atoms with E-state index in [9.17, 15) is 4.79 Å². The smallest absolute Gasteiger partial charge is 0.268 e. The molecule has 1 amide bonds. The predicted octanol–water partition coefficient (Wildman–Crippen LogP) is 1.39. The number of benzene rings is 2. The maximum Gasteiger partial charge on any atom is 0.268 e. The van der Waals surface area contributed by atoms with Gasteiger partial charge in [0.25, 0.3) is 5.91 Å². The normalized spacial score (nSPS) is 12.0. The summed E-state index contributed by atoms with van der Waals surface area (Å²) >= 11 is 0. The molecule has 6 nitrogen and oxygen atoms in total. The van der Waals surface area contributed by atoms with Crippen molar-refractivity contribution in [1.29, 1.82) is 0 Å². The van der Waals surface area contributed by atoms with Crippen LogP contribution in [0, 0.1) is 0 Å². The average molecular weight is 323 g/mol. The molecule has 0 bridgehead atoms. The fraction of sp³-hybridized carbons (Fsp3) is 0.111. The molecule has 0 heterocycles. The Kier molecular flexibility index (Phi) is 5.57. The Hall–Kier alpha value is -3.28. The van der Waals surface area contributed by atoms with E-state index in [0.717, 1.165) is 23.0 Å². The van der Waals surface area contributed by atoms with Gasteiger partial charge in [-0.25, -0.2) is 4.99 Å². The quantitative estimate of drug-likeness (QED) is 0.424. The van der Waals surface area contributed by atoms with Crippen LogP contribution < -0.4 is 17.2 Å². The minimum Gasteiger partial charge on any atom is -0.390 e. The number of hydrogen-bond acceptors (Lipinski definition) is 4. The standard InChI is InChI=1S/C18H21N5O/c1-23(16(18(21)24)17(20)22-12-19)11-13-7-9-15(10-8-13)14-5-3-2-4-6-14/h2-10,12H,11,20H2,1H3,(H2,19,22)(H2,21,24)/b17-16+. The molecule has 0 fully saturated rings. The van der Waals surface area contributed by atoms with Crippen LogP contribution in [0.4, 0.5) is 0 Å². The topological polar surface area (TPSA) is 111 Å². The van der Waals surface area contributed by atoms with Gasteiger partial charge in [0.2, 0.25) is 0 Å². The molecule has 0 aliphatic rings. The zero-order valence-electron chi connectivity index (χ0n) is 13.5. The first-order valence-electron chi connectivity index (χ1n) is 7.42. The molecule has 24 heavy (non-hydrogen) atoms. The van der Waals surface area contributed by atoms with E-state index in [1.807, 2.05) is 42.5 Å². The Bertz CT molecular complexity index is 751. The molecule has 0 saturated carbocycles. The van der Waals surface area contributed by atoms with Crippen molar-refractivity contribution in [3.8, 4) is 11.1 Å². The highest BCUT2D eigenvalue weighted by Gasteiger charge is 2.15. The van der Waals surface area contributed by atoms with E-state index < -0.39 is 5.91 Å².